The van der Waals surface area contributed by atoms with Crippen molar-refractivity contribution >= 4 is 89.4 Å². The van der Waals surface area contributed by atoms with Crippen molar-refractivity contribution in [2.75, 3.05) is 52.4 Å². The first kappa shape index (κ1) is 36.1. The van der Waals surface area contributed by atoms with Gasteiger partial charge in [-0.2, -0.15) is 16.8 Å². The quantitative estimate of drug-likeness (QED) is 0.157. The molecule has 0 fully saturated rings. The molecular formula is C29H37Cl4N4O6S2+. The number of nitrogens with zero attached hydrogens (tertiary/aromatic N) is 3. The van der Waals surface area contributed by atoms with Crippen molar-refractivity contribution in [3.63, 3.8) is 0 Å². The molecule has 2 heterocycles. The highest BCUT2D eigenvalue weighted by Gasteiger charge is 2.39. The number of likely N-dealkylation sites (N-methyl/N-ethyl adjacent to an activating group) is 1. The van der Waals surface area contributed by atoms with Crippen molar-refractivity contribution in [2.45, 2.75) is 45.7 Å². The zero-order chi connectivity index (χ0) is 33.1. The molecule has 16 heteroatoms. The summed E-state index contributed by atoms with van der Waals surface area (Å²) >= 11 is 25.6. The Balaban J connectivity index is 1.67. The molecular weight excluding hydrogens is 706 g/mol. The first-order chi connectivity index (χ1) is 21.1. The van der Waals surface area contributed by atoms with Gasteiger partial charge in [-0.05, 0) is 69.9 Å². The lowest BCUT2D eigenvalue weighted by Crippen LogP contribution is -3.10. The molecule has 0 amide bonds. The lowest BCUT2D eigenvalue weighted by molar-refractivity contribution is -0.843. The highest BCUT2D eigenvalue weighted by Crippen LogP contribution is 2.45. The third kappa shape index (κ3) is 8.79. The number of nitrogens with one attached hydrogen (secondary N) is 1. The molecule has 0 radical (unpaired) electrons. The summed E-state index contributed by atoms with van der Waals surface area (Å²) in [4.78, 5) is 7.47. The van der Waals surface area contributed by atoms with E-state index in [-0.39, 0.29) is 24.1 Å². The standard InChI is InChI=1S/C29H36Cl4N4O6S2/c1-3-34-24-16-20(30)22(32)18-26(24)36(12-5-7-14-44(38,39)40)28(34)10-9-11-29-35(4-2)25-17-21(31)23(33)19-27(25)37(29)13-6-8-15-45(41,42)43/h9-11,16-19,28H,3-8,12-15H2,1-2H3,(H,38,39,40)(H,41,42,43)/p+1. The molecule has 0 aromatic heterocycles. The molecule has 45 heavy (non-hydrogen) atoms. The molecule has 2 aromatic carbocycles. The van der Waals surface area contributed by atoms with Crippen molar-refractivity contribution in [3.8, 4) is 0 Å². The van der Waals surface area contributed by atoms with Gasteiger partial charge in [0.2, 0.25) is 0 Å². The molecule has 248 valence electrons. The molecule has 0 bridgehead atoms. The monoisotopic (exact) mass is 741 g/mol. The molecule has 2 aliphatic rings. The topological polar surface area (TPSA) is 123 Å². The van der Waals surface area contributed by atoms with Crippen LogP contribution >= 0.6 is 46.4 Å². The summed E-state index contributed by atoms with van der Waals surface area (Å²) in [5.74, 6) is 0.221. The number of fused-ring (bicyclic) bond motifs is 2. The summed E-state index contributed by atoms with van der Waals surface area (Å²) in [5.41, 5.74) is 3.61. The summed E-state index contributed by atoms with van der Waals surface area (Å²) in [7, 11) is -8.12. The molecule has 2 atom stereocenters. The zero-order valence-corrected chi connectivity index (χ0v) is 29.5. The summed E-state index contributed by atoms with van der Waals surface area (Å²) in [6.45, 7) is 6.46. The second kappa shape index (κ2) is 15.0. The van der Waals surface area contributed by atoms with Crippen LogP contribution in [0.4, 0.5) is 22.7 Å². The Morgan fingerprint density at radius 3 is 1.80 bits per heavy atom. The van der Waals surface area contributed by atoms with Crippen molar-refractivity contribution in [1.29, 1.82) is 0 Å². The number of allylic oxidation sites excluding steroid dienone is 2. The van der Waals surface area contributed by atoms with E-state index in [1.165, 1.54) is 0 Å². The van der Waals surface area contributed by atoms with Crippen molar-refractivity contribution < 1.29 is 30.8 Å². The van der Waals surface area contributed by atoms with Crippen LogP contribution in [0.1, 0.15) is 39.5 Å². The number of quaternary nitrogens is 1. The van der Waals surface area contributed by atoms with Crippen LogP contribution in [0.2, 0.25) is 20.1 Å². The van der Waals surface area contributed by atoms with E-state index in [2.05, 4.69) is 27.7 Å². The van der Waals surface area contributed by atoms with Crippen LogP contribution in [0, 0.1) is 0 Å². The Labute approximate surface area is 285 Å². The van der Waals surface area contributed by atoms with Crippen LogP contribution in [0.25, 0.3) is 0 Å². The fourth-order valence-electron chi connectivity index (χ4n) is 5.87. The molecule has 0 saturated carbocycles. The van der Waals surface area contributed by atoms with Gasteiger partial charge in [-0.1, -0.05) is 52.5 Å². The number of halogens is 4. The smallest absolute Gasteiger partial charge is 0.264 e. The normalized spacial score (nSPS) is 19.3. The van der Waals surface area contributed by atoms with Crippen LogP contribution in [-0.2, 0) is 20.2 Å². The highest BCUT2D eigenvalue weighted by atomic mass is 35.5. The number of anilines is 3. The van der Waals surface area contributed by atoms with Gasteiger partial charge < -0.3 is 14.7 Å². The van der Waals surface area contributed by atoms with E-state index in [1.807, 2.05) is 37.3 Å². The van der Waals surface area contributed by atoms with Gasteiger partial charge in [-0.15, -0.1) is 0 Å². The summed E-state index contributed by atoms with van der Waals surface area (Å²) in [6, 6.07) is 7.31. The zero-order valence-electron chi connectivity index (χ0n) is 24.9. The summed E-state index contributed by atoms with van der Waals surface area (Å²) in [6.07, 6.45) is 7.49. The number of benzene rings is 2. The second-order valence-corrected chi connectivity index (χ2v) is 15.6. The van der Waals surface area contributed by atoms with E-state index in [0.717, 1.165) is 40.0 Å². The van der Waals surface area contributed by atoms with Gasteiger partial charge in [-0.3, -0.25) is 14.0 Å². The number of hydrogen-bond donors (Lipinski definition) is 3. The van der Waals surface area contributed by atoms with E-state index in [9.17, 15) is 25.9 Å². The molecule has 4 rings (SSSR count). The van der Waals surface area contributed by atoms with Gasteiger partial charge in [0.1, 0.15) is 11.5 Å². The first-order valence-corrected chi connectivity index (χ1v) is 19.3. The summed E-state index contributed by atoms with van der Waals surface area (Å²) in [5, 5.41) is 1.69. The predicted octanol–water partition coefficient (Wildman–Crippen LogP) is 6.06. The van der Waals surface area contributed by atoms with Gasteiger partial charge in [-0.25, -0.2) is 0 Å². The molecule has 3 N–H and O–H groups in total. The highest BCUT2D eigenvalue weighted by molar-refractivity contribution is 7.86. The fraction of sp³-hybridized carbons (Fsp3) is 0.448. The molecule has 10 nitrogen and oxygen atoms in total. The maximum Gasteiger partial charge on any atom is 0.264 e. The van der Waals surface area contributed by atoms with Gasteiger partial charge in [0.05, 0.1) is 49.5 Å². The third-order valence-corrected chi connectivity index (χ3v) is 10.9. The minimum Gasteiger partial charge on any atom is -0.326 e. The molecule has 0 aliphatic carbocycles. The molecule has 2 unspecified atom stereocenters. The maximum absolute atomic E-state index is 11.3. The first-order valence-electron chi connectivity index (χ1n) is 14.6. The van der Waals surface area contributed by atoms with Crippen LogP contribution in [0.5, 0.6) is 0 Å². The van der Waals surface area contributed by atoms with Crippen molar-refractivity contribution in [1.82, 2.24) is 0 Å². The van der Waals surface area contributed by atoms with E-state index >= 15 is 0 Å². The SMILES string of the molecule is CCN1C(=CC=CC2N(CCCCS(=O)(=O)O)c3cc(Cl)c(Cl)cc3[NH+]2CC)N(CCCCS(=O)(=O)O)c2cc(Cl)c(Cl)cc21. The van der Waals surface area contributed by atoms with Crippen molar-refractivity contribution in [3.05, 3.63) is 68.4 Å². The minimum atomic E-state index is -4.06. The van der Waals surface area contributed by atoms with Crippen LogP contribution < -0.4 is 19.6 Å². The molecule has 0 spiro atoms. The minimum absolute atomic E-state index is 0.159. The number of rotatable bonds is 14. The van der Waals surface area contributed by atoms with Crippen LogP contribution in [0.3, 0.4) is 0 Å². The Kier molecular flexibility index (Phi) is 12.0. The third-order valence-electron chi connectivity index (χ3n) is 7.86. The Morgan fingerprint density at radius 2 is 1.27 bits per heavy atom. The van der Waals surface area contributed by atoms with E-state index in [1.54, 1.807) is 6.07 Å². The van der Waals surface area contributed by atoms with E-state index in [0.29, 0.717) is 59.0 Å². The maximum atomic E-state index is 11.3. The fourth-order valence-corrected chi connectivity index (χ4v) is 7.65. The largest absolute Gasteiger partial charge is 0.326 e. The van der Waals surface area contributed by atoms with Crippen LogP contribution in [-0.4, -0.2) is 69.8 Å². The summed E-state index contributed by atoms with van der Waals surface area (Å²) < 4.78 is 63.5. The second-order valence-electron chi connectivity index (χ2n) is 10.8. The Morgan fingerprint density at radius 1 is 0.756 bits per heavy atom. The van der Waals surface area contributed by atoms with Crippen molar-refractivity contribution in [2.24, 2.45) is 0 Å². The van der Waals surface area contributed by atoms with Gasteiger partial charge in [0.25, 0.3) is 20.2 Å². The molecule has 2 aromatic rings. The molecule has 0 saturated heterocycles. The molecule has 2 aliphatic heterocycles. The Hall–Kier alpha value is -1.74. The Bertz CT molecular complexity index is 1690. The average Bonchev–Trinajstić information content (AvgIpc) is 3.38. The lowest BCUT2D eigenvalue weighted by Gasteiger charge is -2.26. The predicted molar refractivity (Wildman–Crippen MR) is 184 cm³/mol. The van der Waals surface area contributed by atoms with E-state index < -0.39 is 20.2 Å². The van der Waals surface area contributed by atoms with Gasteiger partial charge >= 0.3 is 0 Å². The van der Waals surface area contributed by atoms with E-state index in [4.69, 9.17) is 46.4 Å². The number of unbranched alkanes of at least 4 members (excludes halogenated alkanes) is 2. The number of hydrogen-bond acceptors (Lipinski definition) is 7. The van der Waals surface area contributed by atoms with Gasteiger partial charge in [0, 0.05) is 25.7 Å². The van der Waals surface area contributed by atoms with Gasteiger partial charge in [0.15, 0.2) is 11.9 Å². The lowest BCUT2D eigenvalue weighted by atomic mass is 10.2. The van der Waals surface area contributed by atoms with Crippen LogP contribution in [0.15, 0.2) is 48.3 Å². The average molecular weight is 744 g/mol.